The average Bonchev–Trinajstić information content (AvgIpc) is 2.89. The van der Waals surface area contributed by atoms with Crippen molar-refractivity contribution in [1.82, 2.24) is 0 Å². The van der Waals surface area contributed by atoms with E-state index < -0.39 is 0 Å². The van der Waals surface area contributed by atoms with E-state index in [9.17, 15) is 0 Å². The molecule has 0 saturated carbocycles. The molecule has 2 rings (SSSR count). The fraction of sp³-hybridized carbons (Fsp3) is 0.500. The van der Waals surface area contributed by atoms with Gasteiger partial charge in [-0.05, 0) is 0 Å². The molecule has 0 fully saturated rings. The van der Waals surface area contributed by atoms with Crippen LogP contribution in [0.15, 0.2) is 34.9 Å². The summed E-state index contributed by atoms with van der Waals surface area (Å²) >= 11 is 1.45. The van der Waals surface area contributed by atoms with Crippen LogP contribution in [-0.2, 0) is 23.0 Å². The van der Waals surface area contributed by atoms with Crippen molar-refractivity contribution in [3.63, 3.8) is 0 Å². The Kier molecular flexibility index (Phi) is 18.6. The van der Waals surface area contributed by atoms with Crippen LogP contribution in [0.2, 0.25) is 13.1 Å². The minimum absolute atomic E-state index is 0. The molecule has 0 radical (unpaired) electrons. The fourth-order valence-electron chi connectivity index (χ4n) is 1.50. The van der Waals surface area contributed by atoms with E-state index in [-0.39, 0.29) is 30.3 Å². The Morgan fingerprint density at radius 2 is 1.70 bits per heavy atom. The largest absolute Gasteiger partial charge is 0.273 e. The smallest absolute Gasteiger partial charge is 0.109 e. The van der Waals surface area contributed by atoms with E-state index in [1.165, 1.54) is 39.7 Å². The van der Waals surface area contributed by atoms with Gasteiger partial charge in [-0.15, -0.1) is 38.2 Å². The number of allylic oxidation sites excluding steroid dienone is 8. The molecule has 1 unspecified atom stereocenters. The van der Waals surface area contributed by atoms with Gasteiger partial charge >= 0.3 is 41.6 Å². The number of rotatable bonds is 0. The molecule has 0 aromatic heterocycles. The summed E-state index contributed by atoms with van der Waals surface area (Å²) in [4.78, 5) is 0. The summed E-state index contributed by atoms with van der Waals surface area (Å²) in [5, 5.41) is 0. The second kappa shape index (κ2) is 14.6. The van der Waals surface area contributed by atoms with Gasteiger partial charge in [-0.1, -0.05) is 26.7 Å². The zero-order chi connectivity index (χ0) is 14.1. The van der Waals surface area contributed by atoms with Crippen molar-refractivity contribution < 1.29 is 23.0 Å². The van der Waals surface area contributed by atoms with Gasteiger partial charge in [-0.25, -0.2) is 17.7 Å². The van der Waals surface area contributed by atoms with E-state index in [0.29, 0.717) is 5.92 Å². The van der Waals surface area contributed by atoms with Gasteiger partial charge in [0, 0.05) is 0 Å². The van der Waals surface area contributed by atoms with Crippen LogP contribution in [0.4, 0.5) is 0 Å². The van der Waals surface area contributed by atoms with Gasteiger partial charge in [0.15, 0.2) is 0 Å². The van der Waals surface area contributed by atoms with E-state index in [0.717, 1.165) is 6.42 Å². The van der Waals surface area contributed by atoms with Crippen LogP contribution in [0.1, 0.15) is 34.1 Å². The van der Waals surface area contributed by atoms with Crippen LogP contribution >= 0.6 is 24.8 Å². The van der Waals surface area contributed by atoms with E-state index >= 15 is 0 Å². The van der Waals surface area contributed by atoms with Crippen molar-refractivity contribution in [2.24, 2.45) is 5.92 Å². The Morgan fingerprint density at radius 1 is 1.20 bits per heavy atom. The van der Waals surface area contributed by atoms with Gasteiger partial charge in [0.05, 0.1) is 0 Å². The number of hydrogen-bond acceptors (Lipinski definition) is 0. The van der Waals surface area contributed by atoms with Gasteiger partial charge < -0.3 is 0 Å². The molecule has 0 nitrogen and oxygen atoms in total. The minimum Gasteiger partial charge on any atom is -0.273 e. The minimum atomic E-state index is 0. The maximum Gasteiger partial charge on any atom is -0.109 e. The molecule has 112 valence electrons. The Labute approximate surface area is 152 Å². The molecule has 2 aliphatic rings. The molecule has 0 aromatic carbocycles. The summed E-state index contributed by atoms with van der Waals surface area (Å²) in [7, 11) is 0. The summed E-state index contributed by atoms with van der Waals surface area (Å²) in [6, 6.07) is 0. The SMILES string of the molecule is CC1=[C-]C(C)C(C)=C1C.C[Si](C)=[Hf+2].Cl.Cl.[C-]1=CC=CC1. The third-order valence-electron chi connectivity index (χ3n) is 2.82. The van der Waals surface area contributed by atoms with E-state index in [2.05, 4.69) is 59.0 Å². The maximum absolute atomic E-state index is 3.36. The van der Waals surface area contributed by atoms with E-state index in [1.807, 2.05) is 12.2 Å². The zero-order valence-electron chi connectivity index (χ0n) is 13.3. The molecule has 20 heavy (non-hydrogen) atoms. The second-order valence-electron chi connectivity index (χ2n) is 4.80. The first-order chi connectivity index (χ1) is 8.36. The molecular weight excluding hydrogens is 470 g/mol. The van der Waals surface area contributed by atoms with Gasteiger partial charge in [0.25, 0.3) is 0 Å². The quantitative estimate of drug-likeness (QED) is 0.301. The first-order valence-corrected chi connectivity index (χ1v) is 14.3. The van der Waals surface area contributed by atoms with Crippen LogP contribution < -0.4 is 0 Å². The Bertz CT molecular complexity index is 393. The van der Waals surface area contributed by atoms with Crippen molar-refractivity contribution in [3.8, 4) is 0 Å². The molecular formula is C16H26Cl2HfSi. The zero-order valence-corrected chi connectivity index (χ0v) is 19.6. The van der Waals surface area contributed by atoms with Crippen molar-refractivity contribution in [2.45, 2.75) is 47.2 Å². The predicted molar refractivity (Wildman–Crippen MR) is 93.5 cm³/mol. The molecule has 0 bridgehead atoms. The molecule has 0 aliphatic heterocycles. The van der Waals surface area contributed by atoms with Crippen LogP contribution in [0, 0.1) is 18.1 Å². The topological polar surface area (TPSA) is 0 Å². The second-order valence-corrected chi connectivity index (χ2v) is 17.6. The van der Waals surface area contributed by atoms with Crippen molar-refractivity contribution in [3.05, 3.63) is 47.1 Å². The van der Waals surface area contributed by atoms with Gasteiger partial charge in [-0.3, -0.25) is 12.2 Å². The Balaban J connectivity index is -0.000000228. The summed E-state index contributed by atoms with van der Waals surface area (Å²) in [6.45, 7) is 13.3. The van der Waals surface area contributed by atoms with Crippen LogP contribution in [0.25, 0.3) is 0 Å². The van der Waals surface area contributed by atoms with Crippen molar-refractivity contribution in [2.75, 3.05) is 0 Å². The molecule has 0 aromatic rings. The predicted octanol–water partition coefficient (Wildman–Crippen LogP) is 5.66. The normalized spacial score (nSPS) is 18.0. The van der Waals surface area contributed by atoms with Crippen molar-refractivity contribution in [1.29, 1.82) is 0 Å². The van der Waals surface area contributed by atoms with E-state index in [1.54, 1.807) is 0 Å². The summed E-state index contributed by atoms with van der Waals surface area (Å²) in [6.07, 6.45) is 13.4. The number of halogens is 2. The summed E-state index contributed by atoms with van der Waals surface area (Å²) in [5.74, 6) is 0.560. The van der Waals surface area contributed by atoms with Gasteiger partial charge in [0.2, 0.25) is 0 Å². The Morgan fingerprint density at radius 3 is 1.80 bits per heavy atom. The maximum atomic E-state index is 3.36. The molecule has 0 heterocycles. The third-order valence-corrected chi connectivity index (χ3v) is 2.82. The van der Waals surface area contributed by atoms with Crippen LogP contribution in [0.3, 0.4) is 0 Å². The summed E-state index contributed by atoms with van der Waals surface area (Å²) in [5.41, 5.74) is 4.50. The first kappa shape index (κ1) is 25.6. The van der Waals surface area contributed by atoms with E-state index in [4.69, 9.17) is 0 Å². The molecule has 2 aliphatic carbocycles. The monoisotopic (exact) mass is 496 g/mol. The molecule has 1 atom stereocenters. The Hall–Kier alpha value is 0.627. The van der Waals surface area contributed by atoms with Crippen LogP contribution in [0.5, 0.6) is 0 Å². The average molecular weight is 496 g/mol. The standard InChI is InChI=1S/C9H13.C5H5.C2H6Si.2ClH.Hf/c1-6-5-7(2)9(4)8(6)3;1-2-4-5-3-1;1-3-2;;;/h6H,1-4H3;1-3H,4H2;1-2H3;2*1H;/q2*-1;;;;+2. The summed E-state index contributed by atoms with van der Waals surface area (Å²) < 4.78 is 0. The molecule has 0 spiro atoms. The van der Waals surface area contributed by atoms with Gasteiger partial charge in [-0.2, -0.15) is 17.2 Å². The van der Waals surface area contributed by atoms with Gasteiger partial charge in [0.1, 0.15) is 0 Å². The van der Waals surface area contributed by atoms with Crippen molar-refractivity contribution >= 4 is 30.3 Å². The fourth-order valence-corrected chi connectivity index (χ4v) is 1.50. The third kappa shape index (κ3) is 12.4. The molecule has 0 saturated heterocycles. The molecule has 0 N–H and O–H groups in total. The number of hydrogen-bond donors (Lipinski definition) is 0. The molecule has 0 amide bonds. The first-order valence-electron chi connectivity index (χ1n) is 6.37. The van der Waals surface area contributed by atoms with Crippen LogP contribution in [-0.4, -0.2) is 5.49 Å². The molecule has 4 heteroatoms.